The molecular weight excluding hydrogens is 575 g/mol. The van der Waals surface area contributed by atoms with Gasteiger partial charge < -0.3 is 19.6 Å². The number of aryl methyl sites for hydroxylation is 1. The molecule has 1 amide bonds. The zero-order chi connectivity index (χ0) is 27.5. The van der Waals surface area contributed by atoms with E-state index in [9.17, 15) is 13.2 Å². The first-order chi connectivity index (χ1) is 17.3. The number of furan rings is 1. The van der Waals surface area contributed by atoms with Gasteiger partial charge in [0.15, 0.2) is 22.9 Å². The van der Waals surface area contributed by atoms with Gasteiger partial charge in [0.05, 0.1) is 18.7 Å². The van der Waals surface area contributed by atoms with Crippen molar-refractivity contribution in [1.29, 1.82) is 5.41 Å². The number of guanidine groups is 1. The summed E-state index contributed by atoms with van der Waals surface area (Å²) in [7, 11) is -2.34. The summed E-state index contributed by atoms with van der Waals surface area (Å²) in [6.45, 7) is 2.54. The maximum Gasteiger partial charge on any atom is 0.314 e. The minimum absolute atomic E-state index is 0.00307. The zero-order valence-corrected chi connectivity index (χ0v) is 22.6. The average molecular weight is 599 g/mol. The Morgan fingerprint density at radius 3 is 2.22 bits per heavy atom. The summed E-state index contributed by atoms with van der Waals surface area (Å²) >= 11 is 3.13. The van der Waals surface area contributed by atoms with Gasteiger partial charge >= 0.3 is 5.91 Å². The van der Waals surface area contributed by atoms with Crippen molar-refractivity contribution in [3.63, 3.8) is 0 Å². The molecule has 2 heterocycles. The molecule has 3 aromatic rings. The van der Waals surface area contributed by atoms with Crippen LogP contribution in [-0.2, 0) is 15.7 Å². The summed E-state index contributed by atoms with van der Waals surface area (Å²) in [6.07, 6.45) is 2.51. The van der Waals surface area contributed by atoms with Crippen molar-refractivity contribution in [2.45, 2.75) is 19.5 Å². The molecule has 0 spiro atoms. The number of alkyl halides is 1. The van der Waals surface area contributed by atoms with Crippen LogP contribution in [0, 0.1) is 12.3 Å². The highest BCUT2D eigenvalue weighted by molar-refractivity contribution is 9.10. The molecule has 12 nitrogen and oxygen atoms in total. The molecule has 0 aliphatic carbocycles. The van der Waals surface area contributed by atoms with Crippen molar-refractivity contribution in [2.75, 3.05) is 25.0 Å². The number of sulfonamides is 1. The van der Waals surface area contributed by atoms with E-state index in [1.165, 1.54) is 56.9 Å². The number of ether oxygens (including phenoxy) is 2. The van der Waals surface area contributed by atoms with E-state index in [4.69, 9.17) is 25.0 Å². The average Bonchev–Trinajstić information content (AvgIpc) is 3.27. The maximum absolute atomic E-state index is 15.7. The predicted molar refractivity (Wildman–Crippen MR) is 136 cm³/mol. The number of halogens is 2. The van der Waals surface area contributed by atoms with E-state index in [0.717, 1.165) is 6.92 Å². The molecule has 3 N–H and O–H groups in total. The fourth-order valence-electron chi connectivity index (χ4n) is 3.40. The number of carbonyl (C=O) groups excluding carboxylic acids is 1. The van der Waals surface area contributed by atoms with Crippen LogP contribution in [0.25, 0.3) is 0 Å². The van der Waals surface area contributed by atoms with Crippen LogP contribution in [0.1, 0.15) is 29.1 Å². The Kier molecular flexibility index (Phi) is 8.07. The lowest BCUT2D eigenvalue weighted by molar-refractivity contribution is 0.0928. The molecule has 0 radical (unpaired) electrons. The van der Waals surface area contributed by atoms with E-state index in [1.54, 1.807) is 6.92 Å². The standard InChI is InChI=1S/C22H24BrFN6O6S/c1-13-8-9-17(36-13)19(31)29(18-15(34-3)6-5-7-16(18)35-4)30(21(25)26)37(32,33)12-22(2,24)20-27-10-14(23)11-28-20/h5-11H,12H2,1-4H3,(H3,25,26)/t22-/m1/s1. The molecule has 3 rings (SSSR count). The fourth-order valence-corrected chi connectivity index (χ4v) is 5.25. The van der Waals surface area contributed by atoms with Crippen molar-refractivity contribution >= 4 is 43.5 Å². The number of carbonyl (C=O) groups is 1. The lowest BCUT2D eigenvalue weighted by atomic mass is 10.1. The number of nitrogens with zero attached hydrogens (tertiary/aromatic N) is 4. The molecule has 0 fully saturated rings. The van der Waals surface area contributed by atoms with Crippen LogP contribution in [0.4, 0.5) is 10.1 Å². The molecule has 1 atom stereocenters. The second-order valence-electron chi connectivity index (χ2n) is 7.85. The summed E-state index contributed by atoms with van der Waals surface area (Å²) < 4.78 is 59.8. The quantitative estimate of drug-likeness (QED) is 0.225. The molecule has 1 aromatic carbocycles. The minimum atomic E-state index is -4.91. The second-order valence-corrected chi connectivity index (χ2v) is 10.6. The lowest BCUT2D eigenvalue weighted by Gasteiger charge is -2.35. The number of rotatable bonds is 8. The van der Waals surface area contributed by atoms with E-state index in [2.05, 4.69) is 25.9 Å². The predicted octanol–water partition coefficient (Wildman–Crippen LogP) is 3.13. The number of hydrogen-bond acceptors (Lipinski definition) is 9. The van der Waals surface area contributed by atoms with Crippen molar-refractivity contribution in [1.82, 2.24) is 14.4 Å². The first kappa shape index (κ1) is 27.9. The Bertz CT molecular complexity index is 1390. The Balaban J connectivity index is 2.22. The van der Waals surface area contributed by atoms with Gasteiger partial charge in [-0.1, -0.05) is 6.07 Å². The molecule has 15 heteroatoms. The third-order valence-corrected chi connectivity index (χ3v) is 7.15. The van der Waals surface area contributed by atoms with Crippen LogP contribution in [0.3, 0.4) is 0 Å². The van der Waals surface area contributed by atoms with E-state index < -0.39 is 39.1 Å². The Labute approximate surface area is 220 Å². The monoisotopic (exact) mass is 598 g/mol. The van der Waals surface area contributed by atoms with E-state index in [1.807, 2.05) is 0 Å². The number of nitrogens with one attached hydrogen (secondary N) is 1. The third kappa shape index (κ3) is 5.83. The largest absolute Gasteiger partial charge is 0.494 e. The molecular formula is C22H24BrFN6O6S. The number of benzene rings is 1. The number of anilines is 1. The Morgan fingerprint density at radius 1 is 1.19 bits per heavy atom. The highest BCUT2D eigenvalue weighted by Gasteiger charge is 2.44. The van der Waals surface area contributed by atoms with Crippen LogP contribution >= 0.6 is 15.9 Å². The van der Waals surface area contributed by atoms with E-state index >= 15 is 4.39 Å². The minimum Gasteiger partial charge on any atom is -0.494 e. The number of aromatic nitrogens is 2. The molecule has 0 aliphatic heterocycles. The van der Waals surface area contributed by atoms with E-state index in [0.29, 0.717) is 15.2 Å². The van der Waals surface area contributed by atoms with Gasteiger partial charge in [0.25, 0.3) is 10.0 Å². The summed E-state index contributed by atoms with van der Waals surface area (Å²) in [5.41, 5.74) is 2.84. The van der Waals surface area contributed by atoms with E-state index in [-0.39, 0.29) is 27.4 Å². The zero-order valence-electron chi connectivity index (χ0n) is 20.2. The molecule has 0 saturated carbocycles. The van der Waals surface area contributed by atoms with Gasteiger partial charge in [-0.2, -0.15) is 5.01 Å². The van der Waals surface area contributed by atoms with Gasteiger partial charge in [-0.05, 0) is 54.0 Å². The molecule has 2 aromatic heterocycles. The Hall–Kier alpha value is -3.72. The van der Waals surface area contributed by atoms with Gasteiger partial charge in [-0.3, -0.25) is 10.2 Å². The first-order valence-electron chi connectivity index (χ1n) is 10.5. The van der Waals surface area contributed by atoms with Crippen molar-refractivity contribution in [2.24, 2.45) is 5.73 Å². The summed E-state index contributed by atoms with van der Waals surface area (Å²) in [5.74, 6) is -3.81. The van der Waals surface area contributed by atoms with Gasteiger partial charge in [-0.15, -0.1) is 4.41 Å². The van der Waals surface area contributed by atoms with Crippen LogP contribution in [-0.4, -0.2) is 54.6 Å². The molecule has 0 aliphatic rings. The number of hydrogen-bond donors (Lipinski definition) is 2. The van der Waals surface area contributed by atoms with Crippen molar-refractivity contribution < 1.29 is 31.5 Å². The Morgan fingerprint density at radius 2 is 1.76 bits per heavy atom. The number of para-hydroxylation sites is 1. The highest BCUT2D eigenvalue weighted by atomic mass is 79.9. The van der Waals surface area contributed by atoms with Gasteiger partial charge in [0.2, 0.25) is 5.96 Å². The lowest BCUT2D eigenvalue weighted by Crippen LogP contribution is -2.57. The molecule has 0 bridgehead atoms. The van der Waals surface area contributed by atoms with Gasteiger partial charge in [-0.25, -0.2) is 22.8 Å². The summed E-state index contributed by atoms with van der Waals surface area (Å²) in [6, 6.07) is 7.21. The number of methoxy groups -OCH3 is 2. The van der Waals surface area contributed by atoms with Crippen LogP contribution < -0.4 is 20.2 Å². The topological polar surface area (TPSA) is 165 Å². The molecule has 198 valence electrons. The summed E-state index contributed by atoms with van der Waals surface area (Å²) in [4.78, 5) is 21.4. The fraction of sp³-hybridized carbons (Fsp3) is 0.273. The van der Waals surface area contributed by atoms with Crippen LogP contribution in [0.2, 0.25) is 0 Å². The number of hydrazine groups is 1. The first-order valence-corrected chi connectivity index (χ1v) is 12.9. The molecule has 0 saturated heterocycles. The van der Waals surface area contributed by atoms with Crippen LogP contribution in [0.5, 0.6) is 11.5 Å². The number of nitrogens with two attached hydrogens (primary N) is 1. The van der Waals surface area contributed by atoms with Crippen molar-refractivity contribution in [3.8, 4) is 11.5 Å². The SMILES string of the molecule is COc1cccc(OC)c1N(C(=O)c1ccc(C)o1)N(C(=N)N)S(=O)(=O)C[C@@](C)(F)c1ncc(Br)cn1. The smallest absolute Gasteiger partial charge is 0.314 e. The molecule has 37 heavy (non-hydrogen) atoms. The number of amides is 1. The maximum atomic E-state index is 15.7. The highest BCUT2D eigenvalue weighted by Crippen LogP contribution is 2.40. The molecule has 0 unspecified atom stereocenters. The van der Waals surface area contributed by atoms with Crippen molar-refractivity contribution in [3.05, 3.63) is 64.5 Å². The second kappa shape index (κ2) is 10.7. The normalized spacial score (nSPS) is 12.9. The third-order valence-electron chi connectivity index (χ3n) is 4.95. The summed E-state index contributed by atoms with van der Waals surface area (Å²) in [5, 5.41) is 8.64. The van der Waals surface area contributed by atoms with Crippen LogP contribution in [0.15, 0.2) is 51.6 Å². The van der Waals surface area contributed by atoms with Gasteiger partial charge in [0, 0.05) is 12.4 Å². The van der Waals surface area contributed by atoms with Gasteiger partial charge in [0.1, 0.15) is 23.0 Å².